The van der Waals surface area contributed by atoms with E-state index in [4.69, 9.17) is 5.73 Å². The maximum Gasteiger partial charge on any atom is 0.216 e. The van der Waals surface area contributed by atoms with Gasteiger partial charge in [0.15, 0.2) is 0 Å². The molecule has 0 spiro atoms. The molecule has 1 atom stereocenters. The molecule has 0 aromatic carbocycles. The van der Waals surface area contributed by atoms with Crippen LogP contribution >= 0.6 is 0 Å². The Labute approximate surface area is 92.9 Å². The Bertz CT molecular complexity index is 284. The molecule has 1 unspecified atom stereocenters. The number of hydrogen-bond donors (Lipinski definition) is 1. The summed E-state index contributed by atoms with van der Waals surface area (Å²) < 4.78 is 25.8. The van der Waals surface area contributed by atoms with Crippen molar-refractivity contribution in [3.8, 4) is 0 Å². The van der Waals surface area contributed by atoms with Crippen LogP contribution in [0.2, 0.25) is 0 Å². The largest absolute Gasteiger partial charge is 0.330 e. The monoisotopic (exact) mass is 234 g/mol. The van der Waals surface area contributed by atoms with Crippen molar-refractivity contribution < 1.29 is 8.42 Å². The number of rotatable bonds is 5. The van der Waals surface area contributed by atoms with E-state index in [1.54, 1.807) is 7.05 Å². The van der Waals surface area contributed by atoms with Crippen molar-refractivity contribution >= 4 is 10.0 Å². The van der Waals surface area contributed by atoms with Crippen LogP contribution in [0.5, 0.6) is 0 Å². The van der Waals surface area contributed by atoms with Gasteiger partial charge in [-0.1, -0.05) is 12.8 Å². The summed E-state index contributed by atoms with van der Waals surface area (Å²) in [4.78, 5) is 0. The van der Waals surface area contributed by atoms with Gasteiger partial charge in [0.2, 0.25) is 10.0 Å². The standard InChI is InChI=1S/C10H22N2O2S/c1-9(7-8-11)12(2)15(13,14)10-5-3-4-6-10/h9-10H,3-8,11H2,1-2H3. The minimum Gasteiger partial charge on any atom is -0.330 e. The van der Waals surface area contributed by atoms with E-state index in [-0.39, 0.29) is 11.3 Å². The Kier molecular flexibility index (Phi) is 4.55. The van der Waals surface area contributed by atoms with Crippen molar-refractivity contribution in [2.24, 2.45) is 5.73 Å². The second-order valence-electron chi connectivity index (χ2n) is 4.39. The molecule has 0 aromatic heterocycles. The third kappa shape index (κ3) is 2.92. The molecule has 4 nitrogen and oxygen atoms in total. The van der Waals surface area contributed by atoms with E-state index in [1.165, 1.54) is 4.31 Å². The van der Waals surface area contributed by atoms with Crippen LogP contribution in [0, 0.1) is 0 Å². The van der Waals surface area contributed by atoms with Crippen LogP contribution in [0.4, 0.5) is 0 Å². The van der Waals surface area contributed by atoms with E-state index in [0.717, 1.165) is 32.1 Å². The highest BCUT2D eigenvalue weighted by atomic mass is 32.2. The molecule has 0 bridgehead atoms. The Morgan fingerprint density at radius 1 is 1.40 bits per heavy atom. The van der Waals surface area contributed by atoms with E-state index in [0.29, 0.717) is 6.54 Å². The predicted molar refractivity (Wildman–Crippen MR) is 62.1 cm³/mol. The van der Waals surface area contributed by atoms with Gasteiger partial charge in [-0.25, -0.2) is 12.7 Å². The molecule has 15 heavy (non-hydrogen) atoms. The minimum absolute atomic E-state index is 0.0144. The maximum absolute atomic E-state index is 12.1. The SMILES string of the molecule is CC(CCN)N(C)S(=O)(=O)C1CCCC1. The van der Waals surface area contributed by atoms with E-state index in [1.807, 2.05) is 6.92 Å². The molecule has 1 fully saturated rings. The summed E-state index contributed by atoms with van der Waals surface area (Å²) in [5.74, 6) is 0. The lowest BCUT2D eigenvalue weighted by Gasteiger charge is -2.26. The molecular weight excluding hydrogens is 212 g/mol. The van der Waals surface area contributed by atoms with Crippen molar-refractivity contribution in [2.75, 3.05) is 13.6 Å². The number of hydrogen-bond acceptors (Lipinski definition) is 3. The van der Waals surface area contributed by atoms with Gasteiger partial charge in [0.1, 0.15) is 0 Å². The fourth-order valence-electron chi connectivity index (χ4n) is 2.10. The van der Waals surface area contributed by atoms with E-state index in [9.17, 15) is 8.42 Å². The highest BCUT2D eigenvalue weighted by Gasteiger charge is 2.33. The van der Waals surface area contributed by atoms with Gasteiger partial charge in [-0.2, -0.15) is 0 Å². The van der Waals surface area contributed by atoms with E-state index < -0.39 is 10.0 Å². The number of nitrogens with zero attached hydrogens (tertiary/aromatic N) is 1. The predicted octanol–water partition coefficient (Wildman–Crippen LogP) is 0.928. The van der Waals surface area contributed by atoms with Crippen LogP contribution < -0.4 is 5.73 Å². The van der Waals surface area contributed by atoms with Crippen LogP contribution in [-0.2, 0) is 10.0 Å². The molecule has 1 aliphatic rings. The highest BCUT2D eigenvalue weighted by molar-refractivity contribution is 7.89. The molecule has 0 radical (unpaired) electrons. The molecule has 0 heterocycles. The van der Waals surface area contributed by atoms with Crippen LogP contribution in [0.15, 0.2) is 0 Å². The quantitative estimate of drug-likeness (QED) is 0.769. The molecule has 0 aliphatic heterocycles. The topological polar surface area (TPSA) is 63.4 Å². The third-order valence-corrected chi connectivity index (χ3v) is 5.81. The van der Waals surface area contributed by atoms with Gasteiger partial charge in [-0.05, 0) is 32.7 Å². The first-order valence-corrected chi connectivity index (χ1v) is 7.17. The second-order valence-corrected chi connectivity index (χ2v) is 6.67. The second kappa shape index (κ2) is 5.27. The number of nitrogens with two attached hydrogens (primary N) is 1. The minimum atomic E-state index is -3.08. The summed E-state index contributed by atoms with van der Waals surface area (Å²) in [5.41, 5.74) is 5.44. The molecule has 0 amide bonds. The molecule has 1 rings (SSSR count). The van der Waals surface area contributed by atoms with Gasteiger partial charge >= 0.3 is 0 Å². The Hall–Kier alpha value is -0.130. The summed E-state index contributed by atoms with van der Waals surface area (Å²) in [6.07, 6.45) is 4.46. The number of sulfonamides is 1. The van der Waals surface area contributed by atoms with Gasteiger partial charge in [0, 0.05) is 13.1 Å². The normalized spacial score (nSPS) is 21.1. The van der Waals surface area contributed by atoms with Crippen LogP contribution in [0.1, 0.15) is 39.0 Å². The lowest BCUT2D eigenvalue weighted by molar-refractivity contribution is 0.369. The van der Waals surface area contributed by atoms with Crippen molar-refractivity contribution in [1.29, 1.82) is 0 Å². The summed E-state index contributed by atoms with van der Waals surface area (Å²) >= 11 is 0. The maximum atomic E-state index is 12.1. The fraction of sp³-hybridized carbons (Fsp3) is 1.00. The fourth-order valence-corrected chi connectivity index (χ4v) is 4.10. The van der Waals surface area contributed by atoms with Crippen LogP contribution in [0.25, 0.3) is 0 Å². The average Bonchev–Trinajstić information content (AvgIpc) is 2.70. The summed E-state index contributed by atoms with van der Waals surface area (Å²) in [5, 5.41) is -0.150. The first-order valence-electron chi connectivity index (χ1n) is 5.67. The first-order chi connectivity index (χ1) is 7.00. The van der Waals surface area contributed by atoms with Gasteiger partial charge in [-0.15, -0.1) is 0 Å². The molecule has 2 N–H and O–H groups in total. The zero-order chi connectivity index (χ0) is 11.5. The van der Waals surface area contributed by atoms with Crippen molar-refractivity contribution in [2.45, 2.75) is 50.3 Å². The van der Waals surface area contributed by atoms with E-state index >= 15 is 0 Å². The van der Waals surface area contributed by atoms with Gasteiger partial charge in [0.05, 0.1) is 5.25 Å². The van der Waals surface area contributed by atoms with Crippen molar-refractivity contribution in [1.82, 2.24) is 4.31 Å². The van der Waals surface area contributed by atoms with Gasteiger partial charge in [-0.3, -0.25) is 0 Å². The molecule has 5 heteroatoms. The lowest BCUT2D eigenvalue weighted by atomic mass is 10.2. The molecule has 0 saturated heterocycles. The molecule has 1 aliphatic carbocycles. The Morgan fingerprint density at radius 3 is 2.40 bits per heavy atom. The molecule has 90 valence electrons. The zero-order valence-electron chi connectivity index (χ0n) is 9.65. The molecular formula is C10H22N2O2S. The van der Waals surface area contributed by atoms with Gasteiger partial charge in [0.25, 0.3) is 0 Å². The third-order valence-electron chi connectivity index (χ3n) is 3.33. The highest BCUT2D eigenvalue weighted by Crippen LogP contribution is 2.27. The molecule has 0 aromatic rings. The smallest absolute Gasteiger partial charge is 0.216 e. The van der Waals surface area contributed by atoms with Crippen molar-refractivity contribution in [3.63, 3.8) is 0 Å². The Morgan fingerprint density at radius 2 is 1.93 bits per heavy atom. The van der Waals surface area contributed by atoms with Crippen LogP contribution in [-0.4, -0.2) is 37.6 Å². The van der Waals surface area contributed by atoms with Gasteiger partial charge < -0.3 is 5.73 Å². The average molecular weight is 234 g/mol. The summed E-state index contributed by atoms with van der Waals surface area (Å²) in [6, 6.07) is 0.0144. The summed E-state index contributed by atoms with van der Waals surface area (Å²) in [6.45, 7) is 2.45. The van der Waals surface area contributed by atoms with Crippen molar-refractivity contribution in [3.05, 3.63) is 0 Å². The lowest BCUT2D eigenvalue weighted by Crippen LogP contribution is -2.41. The van der Waals surface area contributed by atoms with Crippen LogP contribution in [0.3, 0.4) is 0 Å². The zero-order valence-corrected chi connectivity index (χ0v) is 10.5. The first kappa shape index (κ1) is 12.9. The van der Waals surface area contributed by atoms with E-state index in [2.05, 4.69) is 0 Å². The summed E-state index contributed by atoms with van der Waals surface area (Å²) in [7, 11) is -1.41. The Balaban J connectivity index is 2.67. The molecule has 1 saturated carbocycles.